The third-order valence-electron chi connectivity index (χ3n) is 4.89. The molecule has 1 aliphatic heterocycles. The maximum Gasteiger partial charge on any atom is 0.227 e. The van der Waals surface area contributed by atoms with E-state index < -0.39 is 0 Å². The monoisotopic (exact) mass is 361 g/mol. The summed E-state index contributed by atoms with van der Waals surface area (Å²) in [5.74, 6) is 0.218. The van der Waals surface area contributed by atoms with Gasteiger partial charge in [-0.2, -0.15) is 15.0 Å². The fourth-order valence-electron chi connectivity index (χ4n) is 3.30. The van der Waals surface area contributed by atoms with E-state index >= 15 is 0 Å². The molecule has 138 valence electrons. The highest BCUT2D eigenvalue weighted by molar-refractivity contribution is 5.95. The zero-order chi connectivity index (χ0) is 18.6. The Morgan fingerprint density at radius 1 is 1.07 bits per heavy atom. The van der Waals surface area contributed by atoms with Crippen molar-refractivity contribution in [2.24, 2.45) is 0 Å². The van der Waals surface area contributed by atoms with Gasteiger partial charge in [0.2, 0.25) is 5.91 Å². The van der Waals surface area contributed by atoms with Gasteiger partial charge in [0.15, 0.2) is 0 Å². The number of benzene rings is 2. The van der Waals surface area contributed by atoms with Gasteiger partial charge in [0.1, 0.15) is 0 Å². The van der Waals surface area contributed by atoms with Crippen molar-refractivity contribution in [1.82, 2.24) is 20.3 Å². The number of nitrogens with zero attached hydrogens (tertiary/aromatic N) is 4. The van der Waals surface area contributed by atoms with Crippen LogP contribution in [0.3, 0.4) is 0 Å². The zero-order valence-electron chi connectivity index (χ0n) is 15.4. The normalized spacial score (nSPS) is 15.3. The van der Waals surface area contributed by atoms with Crippen LogP contribution in [0.4, 0.5) is 5.69 Å². The van der Waals surface area contributed by atoms with E-state index in [0.717, 1.165) is 30.0 Å². The minimum atomic E-state index is 0.176. The van der Waals surface area contributed by atoms with Crippen LogP contribution >= 0.6 is 0 Å². The van der Waals surface area contributed by atoms with E-state index in [0.29, 0.717) is 13.0 Å². The number of para-hydroxylation sites is 1. The lowest BCUT2D eigenvalue weighted by Gasteiger charge is -2.18. The number of hydrogen-bond acceptors (Lipinski definition) is 4. The SMILES string of the molecule is CC(NCc1cnn(-c2ccccc2)n1)c1ccc(N2CCCC2=O)cc1. The Hall–Kier alpha value is -2.99. The molecule has 1 atom stereocenters. The Balaban J connectivity index is 1.36. The smallest absolute Gasteiger partial charge is 0.227 e. The van der Waals surface area contributed by atoms with Crippen LogP contribution in [-0.2, 0) is 11.3 Å². The van der Waals surface area contributed by atoms with Crippen molar-refractivity contribution in [3.05, 3.63) is 72.1 Å². The second-order valence-electron chi connectivity index (χ2n) is 6.80. The highest BCUT2D eigenvalue weighted by Gasteiger charge is 2.21. The van der Waals surface area contributed by atoms with Crippen LogP contribution in [0, 0.1) is 0 Å². The van der Waals surface area contributed by atoms with Gasteiger partial charge in [0.25, 0.3) is 0 Å². The maximum atomic E-state index is 11.9. The van der Waals surface area contributed by atoms with Gasteiger partial charge in [0, 0.05) is 31.2 Å². The topological polar surface area (TPSA) is 63.1 Å². The number of aromatic nitrogens is 3. The molecule has 1 unspecified atom stereocenters. The highest BCUT2D eigenvalue weighted by Crippen LogP contribution is 2.23. The van der Waals surface area contributed by atoms with Crippen molar-refractivity contribution in [2.75, 3.05) is 11.4 Å². The predicted molar refractivity (Wildman–Crippen MR) is 105 cm³/mol. The third-order valence-corrected chi connectivity index (χ3v) is 4.89. The first-order valence-electron chi connectivity index (χ1n) is 9.31. The molecule has 3 aromatic rings. The van der Waals surface area contributed by atoms with Crippen LogP contribution in [0.1, 0.15) is 37.1 Å². The van der Waals surface area contributed by atoms with E-state index in [-0.39, 0.29) is 11.9 Å². The minimum absolute atomic E-state index is 0.176. The van der Waals surface area contributed by atoms with Crippen molar-refractivity contribution < 1.29 is 4.79 Å². The number of carbonyl (C=O) groups is 1. The Morgan fingerprint density at radius 2 is 1.85 bits per heavy atom. The first-order valence-corrected chi connectivity index (χ1v) is 9.31. The molecule has 0 bridgehead atoms. The van der Waals surface area contributed by atoms with E-state index in [1.807, 2.05) is 47.4 Å². The Kier molecular flexibility index (Phi) is 4.98. The quantitative estimate of drug-likeness (QED) is 0.732. The van der Waals surface area contributed by atoms with Gasteiger partial charge in [-0.25, -0.2) is 0 Å². The number of amides is 1. The summed E-state index contributed by atoms with van der Waals surface area (Å²) in [7, 11) is 0. The molecule has 1 amide bonds. The molecule has 1 N–H and O–H groups in total. The number of nitrogens with one attached hydrogen (secondary N) is 1. The lowest BCUT2D eigenvalue weighted by atomic mass is 10.1. The summed E-state index contributed by atoms with van der Waals surface area (Å²) in [6.45, 7) is 3.58. The molecule has 6 nitrogen and oxygen atoms in total. The molecule has 2 heterocycles. The summed E-state index contributed by atoms with van der Waals surface area (Å²) in [5, 5.41) is 12.3. The molecule has 1 fully saturated rings. The van der Waals surface area contributed by atoms with Crippen LogP contribution < -0.4 is 10.2 Å². The largest absolute Gasteiger partial charge is 0.312 e. The van der Waals surface area contributed by atoms with Gasteiger partial charge >= 0.3 is 0 Å². The molecule has 0 saturated carbocycles. The van der Waals surface area contributed by atoms with E-state index in [1.165, 1.54) is 5.56 Å². The molecule has 0 radical (unpaired) electrons. The van der Waals surface area contributed by atoms with E-state index in [9.17, 15) is 4.79 Å². The standard InChI is InChI=1S/C21H23N5O/c1-16(17-9-11-19(12-10-17)25-13-5-8-21(25)27)22-14-18-15-23-26(24-18)20-6-3-2-4-7-20/h2-4,6-7,9-12,15-16,22H,5,8,13-14H2,1H3. The molecule has 0 spiro atoms. The van der Waals surface area contributed by atoms with Gasteiger partial charge in [0.05, 0.1) is 17.6 Å². The van der Waals surface area contributed by atoms with Crippen LogP contribution in [0.2, 0.25) is 0 Å². The number of hydrogen-bond donors (Lipinski definition) is 1. The summed E-state index contributed by atoms with van der Waals surface area (Å²) in [4.78, 5) is 15.4. The molecular formula is C21H23N5O. The Morgan fingerprint density at radius 3 is 2.56 bits per heavy atom. The van der Waals surface area contributed by atoms with Gasteiger partial charge < -0.3 is 10.2 Å². The average molecular weight is 361 g/mol. The lowest BCUT2D eigenvalue weighted by Crippen LogP contribution is -2.23. The molecule has 1 aliphatic rings. The Bertz CT molecular complexity index is 904. The van der Waals surface area contributed by atoms with Crippen LogP contribution in [-0.4, -0.2) is 27.4 Å². The molecule has 1 saturated heterocycles. The lowest BCUT2D eigenvalue weighted by molar-refractivity contribution is -0.117. The van der Waals surface area contributed by atoms with E-state index in [2.05, 4.69) is 34.6 Å². The highest BCUT2D eigenvalue weighted by atomic mass is 16.2. The van der Waals surface area contributed by atoms with Crippen LogP contribution in [0.5, 0.6) is 0 Å². The van der Waals surface area contributed by atoms with Gasteiger partial charge in [-0.05, 0) is 43.2 Å². The number of rotatable bonds is 6. The first-order chi connectivity index (χ1) is 13.2. The fraction of sp³-hybridized carbons (Fsp3) is 0.286. The molecule has 0 aliphatic carbocycles. The molecule has 2 aromatic carbocycles. The number of carbonyl (C=O) groups excluding carboxylic acids is 1. The third kappa shape index (κ3) is 3.90. The van der Waals surface area contributed by atoms with Crippen LogP contribution in [0.15, 0.2) is 60.8 Å². The van der Waals surface area contributed by atoms with Gasteiger partial charge in [-0.3, -0.25) is 4.79 Å². The summed E-state index contributed by atoms with van der Waals surface area (Å²) in [6, 6.07) is 18.3. The molecule has 27 heavy (non-hydrogen) atoms. The second-order valence-corrected chi connectivity index (χ2v) is 6.80. The zero-order valence-corrected chi connectivity index (χ0v) is 15.4. The fourth-order valence-corrected chi connectivity index (χ4v) is 3.30. The summed E-state index contributed by atoms with van der Waals surface area (Å²) >= 11 is 0. The van der Waals surface area contributed by atoms with Crippen molar-refractivity contribution in [2.45, 2.75) is 32.4 Å². The summed E-state index contributed by atoms with van der Waals surface area (Å²) in [5.41, 5.74) is 4.01. The predicted octanol–water partition coefficient (Wildman–Crippen LogP) is 3.24. The summed E-state index contributed by atoms with van der Waals surface area (Å²) < 4.78 is 0. The van der Waals surface area contributed by atoms with Crippen molar-refractivity contribution in [1.29, 1.82) is 0 Å². The van der Waals surface area contributed by atoms with Gasteiger partial charge in [-0.15, -0.1) is 0 Å². The molecule has 6 heteroatoms. The minimum Gasteiger partial charge on any atom is -0.312 e. The summed E-state index contributed by atoms with van der Waals surface area (Å²) in [6.07, 6.45) is 3.39. The van der Waals surface area contributed by atoms with E-state index in [1.54, 1.807) is 11.0 Å². The van der Waals surface area contributed by atoms with Crippen molar-refractivity contribution in [3.63, 3.8) is 0 Å². The number of anilines is 1. The van der Waals surface area contributed by atoms with Crippen molar-refractivity contribution in [3.8, 4) is 5.69 Å². The van der Waals surface area contributed by atoms with Crippen LogP contribution in [0.25, 0.3) is 5.69 Å². The Labute approximate surface area is 158 Å². The molecular weight excluding hydrogens is 338 g/mol. The molecule has 4 rings (SSSR count). The second kappa shape index (κ2) is 7.72. The van der Waals surface area contributed by atoms with Gasteiger partial charge in [-0.1, -0.05) is 30.3 Å². The maximum absolute atomic E-state index is 11.9. The van der Waals surface area contributed by atoms with E-state index in [4.69, 9.17) is 0 Å². The average Bonchev–Trinajstić information content (AvgIpc) is 3.36. The van der Waals surface area contributed by atoms with Crippen molar-refractivity contribution >= 4 is 11.6 Å². The molecule has 1 aromatic heterocycles. The first kappa shape index (κ1) is 17.4.